The Balaban J connectivity index is 1.59. The molecule has 0 bridgehead atoms. The largest absolute Gasteiger partial charge is 0.469 e. The Labute approximate surface area is 213 Å². The average Bonchev–Trinajstić information content (AvgIpc) is 2.81. The fraction of sp³-hybridized carbons (Fsp3) is 0.903. The minimum atomic E-state index is -0.417. The third-order valence-electron chi connectivity index (χ3n) is 13.3. The number of rotatable bonds is 2. The third kappa shape index (κ3) is 3.14. The van der Waals surface area contributed by atoms with E-state index in [1.54, 1.807) is 12.7 Å². The van der Waals surface area contributed by atoms with E-state index in [2.05, 4.69) is 47.6 Å². The maximum absolute atomic E-state index is 13.4. The van der Waals surface area contributed by atoms with Gasteiger partial charge in [0.15, 0.2) is 0 Å². The van der Waals surface area contributed by atoms with Crippen molar-refractivity contribution in [3.63, 3.8) is 0 Å². The minimum Gasteiger partial charge on any atom is -0.469 e. The highest BCUT2D eigenvalue weighted by molar-refractivity contribution is 5.78. The molecule has 4 heteroatoms. The summed E-state index contributed by atoms with van der Waals surface area (Å²) in [6.45, 7) is 14.5. The molecule has 0 heterocycles. The highest BCUT2D eigenvalue weighted by atomic mass is 16.5. The first-order chi connectivity index (χ1) is 16.2. The van der Waals surface area contributed by atoms with Crippen LogP contribution in [0.4, 0.5) is 0 Å². The van der Waals surface area contributed by atoms with Crippen LogP contribution in [0.2, 0.25) is 0 Å². The van der Waals surface area contributed by atoms with Gasteiger partial charge in [-0.15, -0.1) is 0 Å². The van der Waals surface area contributed by atoms with Crippen LogP contribution < -0.4 is 0 Å². The Morgan fingerprint density at radius 2 is 1.66 bits per heavy atom. The number of fused-ring (bicyclic) bond motifs is 7. The zero-order valence-corrected chi connectivity index (χ0v) is 23.4. The van der Waals surface area contributed by atoms with Crippen molar-refractivity contribution in [3.05, 3.63) is 11.6 Å². The zero-order chi connectivity index (χ0) is 25.7. The lowest BCUT2D eigenvalue weighted by Gasteiger charge is -2.71. The number of aliphatic hydroxyl groups excluding tert-OH is 2. The number of carbonyl (C=O) groups is 1. The minimum absolute atomic E-state index is 0.0175. The molecule has 0 radical (unpaired) electrons. The van der Waals surface area contributed by atoms with E-state index in [1.165, 1.54) is 0 Å². The van der Waals surface area contributed by atoms with Crippen LogP contribution in [0.25, 0.3) is 0 Å². The van der Waals surface area contributed by atoms with Crippen LogP contribution in [0.3, 0.4) is 0 Å². The molecular formula is C31H50O4. The molecule has 0 spiro atoms. The molecule has 0 aliphatic heterocycles. The van der Waals surface area contributed by atoms with Gasteiger partial charge in [-0.05, 0) is 104 Å². The summed E-state index contributed by atoms with van der Waals surface area (Å²) in [5.41, 5.74) is 1.37. The van der Waals surface area contributed by atoms with E-state index in [0.717, 1.165) is 64.2 Å². The van der Waals surface area contributed by atoms with Crippen LogP contribution in [0.1, 0.15) is 106 Å². The SMILES string of the molecule is COC(=O)[C@]12CCC(C)(C)C[C@H]1C1=CC[C@@H]3[C@@]4(C)CC[C@H](O)[C@@](C)(CO)[C@H]4CC[C@@]3(C)[C@]1(C)CC2. The lowest BCUT2D eigenvalue weighted by atomic mass is 9.33. The van der Waals surface area contributed by atoms with Crippen molar-refractivity contribution >= 4 is 5.97 Å². The molecular weight excluding hydrogens is 436 g/mol. The van der Waals surface area contributed by atoms with Crippen LogP contribution in [0, 0.1) is 50.2 Å². The molecule has 9 atom stereocenters. The molecule has 5 aliphatic rings. The molecule has 4 nitrogen and oxygen atoms in total. The normalized spacial score (nSPS) is 52.8. The second-order valence-electron chi connectivity index (χ2n) is 15.1. The van der Waals surface area contributed by atoms with E-state index < -0.39 is 11.5 Å². The number of hydrogen-bond acceptors (Lipinski definition) is 4. The number of methoxy groups -OCH3 is 1. The molecule has 4 fully saturated rings. The Hall–Kier alpha value is -0.870. The summed E-state index contributed by atoms with van der Waals surface area (Å²) >= 11 is 0. The van der Waals surface area contributed by atoms with E-state index in [-0.39, 0.29) is 45.6 Å². The number of hydrogen-bond donors (Lipinski definition) is 2. The Morgan fingerprint density at radius 3 is 2.31 bits per heavy atom. The van der Waals surface area contributed by atoms with Gasteiger partial charge >= 0.3 is 5.97 Å². The molecule has 0 saturated heterocycles. The van der Waals surface area contributed by atoms with Crippen molar-refractivity contribution in [1.29, 1.82) is 0 Å². The summed E-state index contributed by atoms with van der Waals surface area (Å²) in [7, 11) is 1.58. The first-order valence-electron chi connectivity index (χ1n) is 14.3. The van der Waals surface area contributed by atoms with Crippen LogP contribution in [0.5, 0.6) is 0 Å². The molecule has 5 rings (SSSR count). The molecule has 198 valence electrons. The van der Waals surface area contributed by atoms with Gasteiger partial charge < -0.3 is 14.9 Å². The first kappa shape index (κ1) is 25.8. The zero-order valence-electron chi connectivity index (χ0n) is 23.4. The average molecular weight is 487 g/mol. The van der Waals surface area contributed by atoms with Gasteiger partial charge in [-0.25, -0.2) is 0 Å². The van der Waals surface area contributed by atoms with Gasteiger partial charge in [0.25, 0.3) is 0 Å². The number of esters is 1. The van der Waals surface area contributed by atoms with Crippen LogP contribution in [0.15, 0.2) is 11.6 Å². The van der Waals surface area contributed by atoms with Gasteiger partial charge in [0.2, 0.25) is 0 Å². The van der Waals surface area contributed by atoms with Gasteiger partial charge in [-0.1, -0.05) is 53.2 Å². The van der Waals surface area contributed by atoms with Gasteiger partial charge in [0.1, 0.15) is 0 Å². The fourth-order valence-electron chi connectivity index (χ4n) is 10.8. The highest BCUT2D eigenvalue weighted by Gasteiger charge is 2.69. The molecule has 5 aliphatic carbocycles. The lowest BCUT2D eigenvalue weighted by Crippen LogP contribution is -2.66. The standard InChI is InChI=1S/C31H50O4/c1-26(2)14-16-31(25(34)35-7)17-15-29(5)20(21(31)18-26)8-9-23-27(3)12-11-24(33)28(4,19-32)22(27)10-13-30(23,29)6/h8,21-24,32-33H,9-19H2,1-7H3/t21-,22-,23+,24-,27-,28-,29+,30+,31-/m0/s1. The summed E-state index contributed by atoms with van der Waals surface area (Å²) in [5, 5.41) is 21.4. The molecule has 0 aromatic rings. The Bertz CT molecular complexity index is 923. The Kier molecular flexibility index (Phi) is 5.76. The van der Waals surface area contributed by atoms with Crippen molar-refractivity contribution in [1.82, 2.24) is 0 Å². The Morgan fingerprint density at radius 1 is 0.971 bits per heavy atom. The summed E-state index contributed by atoms with van der Waals surface area (Å²) in [4.78, 5) is 13.4. The van der Waals surface area contributed by atoms with E-state index in [4.69, 9.17) is 4.74 Å². The molecule has 2 N–H and O–H groups in total. The van der Waals surface area contributed by atoms with Gasteiger partial charge in [0.05, 0.1) is 25.2 Å². The maximum Gasteiger partial charge on any atom is 0.312 e. The summed E-state index contributed by atoms with van der Waals surface area (Å²) in [6.07, 6.45) is 12.3. The summed E-state index contributed by atoms with van der Waals surface area (Å²) in [5.74, 6) is 1.16. The third-order valence-corrected chi connectivity index (χ3v) is 13.3. The molecule has 0 unspecified atom stereocenters. The van der Waals surface area contributed by atoms with E-state index in [9.17, 15) is 15.0 Å². The smallest absolute Gasteiger partial charge is 0.312 e. The molecule has 0 aromatic heterocycles. The fourth-order valence-corrected chi connectivity index (χ4v) is 10.8. The molecule has 35 heavy (non-hydrogen) atoms. The van der Waals surface area contributed by atoms with Crippen LogP contribution in [-0.4, -0.2) is 36.0 Å². The summed E-state index contributed by atoms with van der Waals surface area (Å²) < 4.78 is 5.48. The molecule has 0 aromatic carbocycles. The number of aliphatic hydroxyl groups is 2. The molecule has 4 saturated carbocycles. The van der Waals surface area contributed by atoms with Crippen LogP contribution >= 0.6 is 0 Å². The van der Waals surface area contributed by atoms with Crippen molar-refractivity contribution < 1.29 is 19.7 Å². The topological polar surface area (TPSA) is 66.8 Å². The second-order valence-corrected chi connectivity index (χ2v) is 15.1. The summed E-state index contributed by atoms with van der Waals surface area (Å²) in [6, 6.07) is 0. The number of carbonyl (C=O) groups excluding carboxylic acids is 1. The highest BCUT2D eigenvalue weighted by Crippen LogP contribution is 2.75. The van der Waals surface area contributed by atoms with Gasteiger partial charge in [-0.3, -0.25) is 4.79 Å². The quantitative estimate of drug-likeness (QED) is 0.355. The molecule has 0 amide bonds. The maximum atomic E-state index is 13.4. The van der Waals surface area contributed by atoms with Crippen molar-refractivity contribution in [3.8, 4) is 0 Å². The van der Waals surface area contributed by atoms with Crippen molar-refractivity contribution in [2.24, 2.45) is 50.2 Å². The van der Waals surface area contributed by atoms with E-state index in [0.29, 0.717) is 11.8 Å². The van der Waals surface area contributed by atoms with E-state index >= 15 is 0 Å². The number of allylic oxidation sites excluding steroid dienone is 2. The van der Waals surface area contributed by atoms with Crippen molar-refractivity contribution in [2.45, 2.75) is 112 Å². The second kappa shape index (κ2) is 7.82. The first-order valence-corrected chi connectivity index (χ1v) is 14.3. The van der Waals surface area contributed by atoms with Gasteiger partial charge in [0, 0.05) is 5.41 Å². The van der Waals surface area contributed by atoms with E-state index in [1.807, 2.05) is 0 Å². The van der Waals surface area contributed by atoms with Gasteiger partial charge in [-0.2, -0.15) is 0 Å². The van der Waals surface area contributed by atoms with Crippen molar-refractivity contribution in [2.75, 3.05) is 13.7 Å². The number of ether oxygens (including phenoxy) is 1. The predicted molar refractivity (Wildman–Crippen MR) is 138 cm³/mol. The predicted octanol–water partition coefficient (Wildman–Crippen LogP) is 6.29. The lowest BCUT2D eigenvalue weighted by molar-refractivity contribution is -0.216. The van der Waals surface area contributed by atoms with Crippen LogP contribution in [-0.2, 0) is 9.53 Å². The monoisotopic (exact) mass is 486 g/mol.